The average Bonchev–Trinajstić information content (AvgIpc) is 2.61. The Hall–Kier alpha value is -0.0900. The molecule has 0 amide bonds. The molecule has 1 rings (SSSR count). The van der Waals surface area contributed by atoms with Crippen LogP contribution in [0.1, 0.15) is 31.6 Å². The van der Waals surface area contributed by atoms with Crippen molar-refractivity contribution in [2.24, 2.45) is 5.41 Å². The summed E-state index contributed by atoms with van der Waals surface area (Å²) in [6, 6.07) is 3.99. The van der Waals surface area contributed by atoms with E-state index in [1.165, 1.54) is 4.88 Å². The highest BCUT2D eigenvalue weighted by Crippen LogP contribution is 2.23. The molecule has 0 fully saturated rings. The van der Waals surface area contributed by atoms with E-state index in [1.54, 1.807) is 11.3 Å². The molecule has 4 heteroatoms. The van der Waals surface area contributed by atoms with Crippen LogP contribution in [0.4, 0.5) is 0 Å². The topological polar surface area (TPSA) is 32.3 Å². The zero-order valence-electron chi connectivity index (χ0n) is 9.92. The molecule has 16 heavy (non-hydrogen) atoms. The van der Waals surface area contributed by atoms with Gasteiger partial charge in [-0.05, 0) is 30.4 Å². The number of hydrogen-bond donors (Lipinski definition) is 2. The summed E-state index contributed by atoms with van der Waals surface area (Å²) >= 11 is 7.48. The maximum absolute atomic E-state index is 8.80. The third kappa shape index (κ3) is 5.30. The molecule has 0 spiro atoms. The Morgan fingerprint density at radius 2 is 2.19 bits per heavy atom. The van der Waals surface area contributed by atoms with Crippen LogP contribution in [-0.2, 0) is 6.54 Å². The first-order valence-corrected chi connectivity index (χ1v) is 6.79. The third-order valence-corrected chi connectivity index (χ3v) is 3.77. The van der Waals surface area contributed by atoms with E-state index >= 15 is 0 Å². The summed E-state index contributed by atoms with van der Waals surface area (Å²) in [5, 5.41) is 12.2. The van der Waals surface area contributed by atoms with Gasteiger partial charge < -0.3 is 10.4 Å². The van der Waals surface area contributed by atoms with Crippen LogP contribution in [0.25, 0.3) is 0 Å². The number of rotatable bonds is 7. The number of aliphatic hydroxyl groups is 1. The molecule has 2 N–H and O–H groups in total. The second-order valence-electron chi connectivity index (χ2n) is 4.80. The minimum atomic E-state index is 0.240. The molecular formula is C12H20ClNOS. The van der Waals surface area contributed by atoms with Crippen molar-refractivity contribution >= 4 is 22.9 Å². The average molecular weight is 262 g/mol. The zero-order chi connectivity index (χ0) is 12.0. The summed E-state index contributed by atoms with van der Waals surface area (Å²) in [7, 11) is 0. The minimum absolute atomic E-state index is 0.240. The molecule has 0 aromatic carbocycles. The van der Waals surface area contributed by atoms with Crippen molar-refractivity contribution in [1.29, 1.82) is 0 Å². The molecule has 0 aliphatic rings. The van der Waals surface area contributed by atoms with Gasteiger partial charge in [0.1, 0.15) is 0 Å². The molecular weight excluding hydrogens is 242 g/mol. The van der Waals surface area contributed by atoms with Crippen LogP contribution in [-0.4, -0.2) is 18.3 Å². The first kappa shape index (κ1) is 14.0. The molecule has 1 aromatic rings. The van der Waals surface area contributed by atoms with Crippen LogP contribution in [0, 0.1) is 5.41 Å². The van der Waals surface area contributed by atoms with Gasteiger partial charge >= 0.3 is 0 Å². The lowest BCUT2D eigenvalue weighted by Gasteiger charge is -2.24. The largest absolute Gasteiger partial charge is 0.396 e. The number of aliphatic hydroxyl groups excluding tert-OH is 1. The Morgan fingerprint density at radius 1 is 1.44 bits per heavy atom. The summed E-state index contributed by atoms with van der Waals surface area (Å²) in [5.41, 5.74) is 0.240. The van der Waals surface area contributed by atoms with E-state index < -0.39 is 0 Å². The van der Waals surface area contributed by atoms with Crippen molar-refractivity contribution in [2.75, 3.05) is 13.2 Å². The Balaban J connectivity index is 2.24. The first-order chi connectivity index (χ1) is 7.53. The van der Waals surface area contributed by atoms with Crippen molar-refractivity contribution in [3.8, 4) is 0 Å². The van der Waals surface area contributed by atoms with E-state index in [4.69, 9.17) is 16.7 Å². The van der Waals surface area contributed by atoms with Crippen LogP contribution in [0.15, 0.2) is 12.1 Å². The smallest absolute Gasteiger partial charge is 0.0931 e. The molecule has 0 atom stereocenters. The number of halogens is 1. The van der Waals surface area contributed by atoms with Gasteiger partial charge in [-0.1, -0.05) is 25.4 Å². The van der Waals surface area contributed by atoms with E-state index in [1.807, 2.05) is 6.07 Å². The fourth-order valence-electron chi connectivity index (χ4n) is 1.62. The molecule has 0 bridgehead atoms. The summed E-state index contributed by atoms with van der Waals surface area (Å²) in [6.07, 6.45) is 1.92. The van der Waals surface area contributed by atoms with Gasteiger partial charge in [-0.3, -0.25) is 0 Å². The maximum atomic E-state index is 8.80. The molecule has 0 aliphatic heterocycles. The number of thiophene rings is 1. The van der Waals surface area contributed by atoms with Crippen molar-refractivity contribution in [1.82, 2.24) is 5.32 Å². The Bertz CT molecular complexity index is 312. The van der Waals surface area contributed by atoms with Crippen LogP contribution >= 0.6 is 22.9 Å². The van der Waals surface area contributed by atoms with Crippen molar-refractivity contribution < 1.29 is 5.11 Å². The van der Waals surface area contributed by atoms with E-state index in [0.29, 0.717) is 0 Å². The highest BCUT2D eigenvalue weighted by Gasteiger charge is 2.16. The molecule has 0 saturated heterocycles. The van der Waals surface area contributed by atoms with Gasteiger partial charge in [-0.15, -0.1) is 11.3 Å². The van der Waals surface area contributed by atoms with Crippen LogP contribution in [0.3, 0.4) is 0 Å². The predicted octanol–water partition coefficient (Wildman–Crippen LogP) is 3.29. The van der Waals surface area contributed by atoms with Gasteiger partial charge in [0, 0.05) is 24.6 Å². The molecule has 0 saturated carbocycles. The van der Waals surface area contributed by atoms with Gasteiger partial charge in [0.2, 0.25) is 0 Å². The lowest BCUT2D eigenvalue weighted by Crippen LogP contribution is -2.29. The molecule has 2 nitrogen and oxygen atoms in total. The Kier molecular flexibility index (Phi) is 5.76. The van der Waals surface area contributed by atoms with Gasteiger partial charge in [0.05, 0.1) is 4.34 Å². The van der Waals surface area contributed by atoms with Crippen LogP contribution in [0.5, 0.6) is 0 Å². The second kappa shape index (κ2) is 6.60. The van der Waals surface area contributed by atoms with Crippen molar-refractivity contribution in [3.63, 3.8) is 0 Å². The standard InChI is InChI=1S/C12H20ClNOS/c1-12(2,6-3-7-15)9-14-8-10-4-5-11(13)16-10/h4-5,14-15H,3,6-9H2,1-2H3. The predicted molar refractivity (Wildman–Crippen MR) is 71.1 cm³/mol. The normalized spacial score (nSPS) is 12.0. The Labute approximate surface area is 107 Å². The summed E-state index contributed by atoms with van der Waals surface area (Å²) in [4.78, 5) is 1.27. The first-order valence-electron chi connectivity index (χ1n) is 5.59. The lowest BCUT2D eigenvalue weighted by molar-refractivity contribution is 0.236. The van der Waals surface area contributed by atoms with Gasteiger partial charge in [-0.25, -0.2) is 0 Å². The van der Waals surface area contributed by atoms with Crippen molar-refractivity contribution in [3.05, 3.63) is 21.3 Å². The van der Waals surface area contributed by atoms with E-state index in [-0.39, 0.29) is 12.0 Å². The Morgan fingerprint density at radius 3 is 2.75 bits per heavy atom. The summed E-state index contributed by atoms with van der Waals surface area (Å²) in [5.74, 6) is 0. The summed E-state index contributed by atoms with van der Waals surface area (Å²) < 4.78 is 0.844. The van der Waals surface area contributed by atoms with Crippen LogP contribution < -0.4 is 5.32 Å². The molecule has 0 radical (unpaired) electrons. The monoisotopic (exact) mass is 261 g/mol. The van der Waals surface area contributed by atoms with Gasteiger partial charge in [-0.2, -0.15) is 0 Å². The lowest BCUT2D eigenvalue weighted by atomic mass is 9.88. The van der Waals surface area contributed by atoms with Crippen LogP contribution in [0.2, 0.25) is 4.34 Å². The number of nitrogens with one attached hydrogen (secondary N) is 1. The highest BCUT2D eigenvalue weighted by molar-refractivity contribution is 7.16. The zero-order valence-corrected chi connectivity index (χ0v) is 11.5. The summed E-state index contributed by atoms with van der Waals surface area (Å²) in [6.45, 7) is 6.56. The maximum Gasteiger partial charge on any atom is 0.0931 e. The van der Waals surface area contributed by atoms with Gasteiger partial charge in [0.25, 0.3) is 0 Å². The number of hydrogen-bond acceptors (Lipinski definition) is 3. The van der Waals surface area contributed by atoms with E-state index in [2.05, 4.69) is 25.2 Å². The highest BCUT2D eigenvalue weighted by atomic mass is 35.5. The SMILES string of the molecule is CC(C)(CCCO)CNCc1ccc(Cl)s1. The fourth-order valence-corrected chi connectivity index (χ4v) is 2.67. The molecule has 1 aromatic heterocycles. The minimum Gasteiger partial charge on any atom is -0.396 e. The third-order valence-electron chi connectivity index (χ3n) is 2.54. The van der Waals surface area contributed by atoms with E-state index in [0.717, 1.165) is 30.3 Å². The molecule has 1 heterocycles. The molecule has 0 unspecified atom stereocenters. The van der Waals surface area contributed by atoms with Crippen molar-refractivity contribution in [2.45, 2.75) is 33.2 Å². The fraction of sp³-hybridized carbons (Fsp3) is 0.667. The molecule has 92 valence electrons. The quantitative estimate of drug-likeness (QED) is 0.790. The second-order valence-corrected chi connectivity index (χ2v) is 6.60. The molecule has 0 aliphatic carbocycles. The van der Waals surface area contributed by atoms with Gasteiger partial charge in [0.15, 0.2) is 0 Å². The van der Waals surface area contributed by atoms with E-state index in [9.17, 15) is 0 Å².